The minimum Gasteiger partial charge on any atom is -0.378 e. The highest BCUT2D eigenvalue weighted by Crippen LogP contribution is 2.51. The number of nitrogens with zero attached hydrogens (tertiary/aromatic N) is 1. The van der Waals surface area contributed by atoms with Crippen molar-refractivity contribution in [3.63, 3.8) is 0 Å². The van der Waals surface area contributed by atoms with Crippen LogP contribution in [0.15, 0.2) is 11.6 Å². The Labute approximate surface area is 124 Å². The van der Waals surface area contributed by atoms with E-state index in [0.29, 0.717) is 6.42 Å². The first kappa shape index (κ1) is 15.4. The molecule has 1 amide bonds. The molecule has 1 aromatic heterocycles. The zero-order chi connectivity index (χ0) is 14.8. The van der Waals surface area contributed by atoms with Crippen LogP contribution in [-0.2, 0) is 16.0 Å². The monoisotopic (exact) mass is 296 g/mol. The number of hydrogen-bond donors (Lipinski definition) is 1. The van der Waals surface area contributed by atoms with Gasteiger partial charge in [-0.15, -0.1) is 11.3 Å². The van der Waals surface area contributed by atoms with E-state index in [9.17, 15) is 4.79 Å². The molecule has 0 spiro atoms. The molecule has 20 heavy (non-hydrogen) atoms. The maximum atomic E-state index is 12.0. The lowest BCUT2D eigenvalue weighted by atomic mass is 9.56. The van der Waals surface area contributed by atoms with Crippen molar-refractivity contribution in [2.45, 2.75) is 58.1 Å². The first-order chi connectivity index (χ1) is 9.39. The first-order valence-electron chi connectivity index (χ1n) is 7.12. The third kappa shape index (κ3) is 2.88. The Morgan fingerprint density at radius 2 is 2.30 bits per heavy atom. The minimum atomic E-state index is -0.133. The van der Waals surface area contributed by atoms with Crippen LogP contribution in [-0.4, -0.2) is 29.6 Å². The molecule has 0 radical (unpaired) electrons. The van der Waals surface area contributed by atoms with Gasteiger partial charge in [0.15, 0.2) is 0 Å². The number of amides is 1. The SMILES string of the molecule is CO[C@]1(C)C[C@@H](NC(=O)CCCc2nccs2)C1(C)C. The van der Waals surface area contributed by atoms with E-state index < -0.39 is 0 Å². The Balaban J connectivity index is 1.73. The zero-order valence-corrected chi connectivity index (χ0v) is 13.5. The lowest BCUT2D eigenvalue weighted by molar-refractivity contribution is -0.182. The average molecular weight is 296 g/mol. The molecule has 0 saturated heterocycles. The summed E-state index contributed by atoms with van der Waals surface area (Å²) >= 11 is 1.65. The molecule has 2 atom stereocenters. The molecule has 0 aromatic carbocycles. The van der Waals surface area contributed by atoms with Gasteiger partial charge in [-0.3, -0.25) is 4.79 Å². The van der Waals surface area contributed by atoms with Gasteiger partial charge < -0.3 is 10.1 Å². The summed E-state index contributed by atoms with van der Waals surface area (Å²) in [6.07, 6.45) is 5.00. The predicted octanol–water partition coefficient (Wildman–Crippen LogP) is 2.79. The van der Waals surface area contributed by atoms with Gasteiger partial charge in [0.05, 0.1) is 10.6 Å². The second-order valence-corrected chi connectivity index (χ2v) is 7.24. The number of carbonyl (C=O) groups is 1. The summed E-state index contributed by atoms with van der Waals surface area (Å²) < 4.78 is 5.57. The largest absolute Gasteiger partial charge is 0.378 e. The standard InChI is InChI=1S/C15H24N2O2S/c1-14(2)11(10-15(14,3)19-4)17-12(18)6-5-7-13-16-8-9-20-13/h8-9,11H,5-7,10H2,1-4H3,(H,17,18)/t11-,15-/m1/s1. The predicted molar refractivity (Wildman–Crippen MR) is 80.8 cm³/mol. The molecule has 0 aliphatic heterocycles. The van der Waals surface area contributed by atoms with E-state index in [-0.39, 0.29) is 23.0 Å². The number of aryl methyl sites for hydroxylation is 1. The van der Waals surface area contributed by atoms with Gasteiger partial charge in [0.2, 0.25) is 5.91 Å². The molecule has 0 bridgehead atoms. The van der Waals surface area contributed by atoms with Crippen molar-refractivity contribution in [3.8, 4) is 0 Å². The Kier molecular flexibility index (Phi) is 4.49. The smallest absolute Gasteiger partial charge is 0.220 e. The highest BCUT2D eigenvalue weighted by Gasteiger charge is 2.58. The number of aromatic nitrogens is 1. The molecular formula is C15H24N2O2S. The quantitative estimate of drug-likeness (QED) is 0.878. The van der Waals surface area contributed by atoms with Crippen molar-refractivity contribution in [3.05, 3.63) is 16.6 Å². The van der Waals surface area contributed by atoms with Crippen molar-refractivity contribution in [2.75, 3.05) is 7.11 Å². The maximum Gasteiger partial charge on any atom is 0.220 e. The van der Waals surface area contributed by atoms with Gasteiger partial charge in [0.1, 0.15) is 0 Å². The van der Waals surface area contributed by atoms with Crippen molar-refractivity contribution >= 4 is 17.2 Å². The number of hydrogen-bond acceptors (Lipinski definition) is 4. The lowest BCUT2D eigenvalue weighted by Gasteiger charge is -2.59. The lowest BCUT2D eigenvalue weighted by Crippen LogP contribution is -2.68. The fourth-order valence-electron chi connectivity index (χ4n) is 2.77. The van der Waals surface area contributed by atoms with Crippen LogP contribution in [0.3, 0.4) is 0 Å². The number of nitrogens with one attached hydrogen (secondary N) is 1. The van der Waals surface area contributed by atoms with Crippen LogP contribution in [0, 0.1) is 5.41 Å². The second-order valence-electron chi connectivity index (χ2n) is 6.26. The molecule has 5 heteroatoms. The number of rotatable bonds is 6. The van der Waals surface area contributed by atoms with Crippen LogP contribution < -0.4 is 5.32 Å². The molecule has 1 N–H and O–H groups in total. The Hall–Kier alpha value is -0.940. The normalized spacial score (nSPS) is 27.9. The van der Waals surface area contributed by atoms with E-state index in [1.54, 1.807) is 18.4 Å². The fourth-order valence-corrected chi connectivity index (χ4v) is 3.43. The fraction of sp³-hybridized carbons (Fsp3) is 0.733. The van der Waals surface area contributed by atoms with E-state index in [2.05, 4.69) is 31.1 Å². The van der Waals surface area contributed by atoms with Gasteiger partial charge in [0.25, 0.3) is 0 Å². The highest BCUT2D eigenvalue weighted by molar-refractivity contribution is 7.09. The Bertz CT molecular complexity index is 458. The summed E-state index contributed by atoms with van der Waals surface area (Å²) in [7, 11) is 1.74. The summed E-state index contributed by atoms with van der Waals surface area (Å²) in [5, 5.41) is 6.22. The van der Waals surface area contributed by atoms with Gasteiger partial charge in [-0.05, 0) is 26.2 Å². The van der Waals surface area contributed by atoms with Gasteiger partial charge >= 0.3 is 0 Å². The van der Waals surface area contributed by atoms with Gasteiger partial charge in [-0.25, -0.2) is 4.98 Å². The molecule has 112 valence electrons. The Morgan fingerprint density at radius 3 is 2.85 bits per heavy atom. The van der Waals surface area contributed by atoms with Gasteiger partial charge in [0, 0.05) is 36.6 Å². The topological polar surface area (TPSA) is 51.2 Å². The molecule has 1 aliphatic rings. The number of methoxy groups -OCH3 is 1. The molecule has 1 fully saturated rings. The summed E-state index contributed by atoms with van der Waals surface area (Å²) in [5.41, 5.74) is -0.154. The van der Waals surface area contributed by atoms with Crippen molar-refractivity contribution in [1.29, 1.82) is 0 Å². The molecule has 1 aliphatic carbocycles. The molecule has 0 unspecified atom stereocenters. The summed E-state index contributed by atoms with van der Waals surface area (Å²) in [6, 6.07) is 0.208. The van der Waals surface area contributed by atoms with E-state index in [0.717, 1.165) is 24.3 Å². The molecular weight excluding hydrogens is 272 g/mol. The van der Waals surface area contributed by atoms with Crippen LogP contribution in [0.4, 0.5) is 0 Å². The first-order valence-corrected chi connectivity index (χ1v) is 8.00. The van der Waals surface area contributed by atoms with Gasteiger partial charge in [-0.1, -0.05) is 13.8 Å². The minimum absolute atomic E-state index is 0.0211. The Morgan fingerprint density at radius 1 is 1.55 bits per heavy atom. The zero-order valence-electron chi connectivity index (χ0n) is 12.7. The van der Waals surface area contributed by atoms with Crippen LogP contribution in [0.5, 0.6) is 0 Å². The van der Waals surface area contributed by atoms with Crippen molar-refractivity contribution in [2.24, 2.45) is 5.41 Å². The van der Waals surface area contributed by atoms with Crippen LogP contribution in [0.25, 0.3) is 0 Å². The molecule has 1 saturated carbocycles. The number of ether oxygens (including phenoxy) is 1. The third-order valence-corrected chi connectivity index (χ3v) is 5.73. The molecule has 1 aromatic rings. The third-order valence-electron chi connectivity index (χ3n) is 4.89. The maximum absolute atomic E-state index is 12.0. The van der Waals surface area contributed by atoms with E-state index in [1.807, 2.05) is 11.6 Å². The highest BCUT2D eigenvalue weighted by atomic mass is 32.1. The second kappa shape index (κ2) is 5.82. The van der Waals surface area contributed by atoms with Gasteiger partial charge in [-0.2, -0.15) is 0 Å². The number of carbonyl (C=O) groups excluding carboxylic acids is 1. The molecule has 2 rings (SSSR count). The van der Waals surface area contributed by atoms with Crippen LogP contribution >= 0.6 is 11.3 Å². The van der Waals surface area contributed by atoms with Crippen LogP contribution in [0.1, 0.15) is 45.0 Å². The summed E-state index contributed by atoms with van der Waals surface area (Å²) in [6.45, 7) is 6.42. The van der Waals surface area contributed by atoms with E-state index >= 15 is 0 Å². The molecule has 1 heterocycles. The van der Waals surface area contributed by atoms with Crippen LogP contribution in [0.2, 0.25) is 0 Å². The summed E-state index contributed by atoms with van der Waals surface area (Å²) in [5.74, 6) is 0.137. The number of thiazole rings is 1. The average Bonchev–Trinajstić information content (AvgIpc) is 2.91. The molecule has 4 nitrogen and oxygen atoms in total. The van der Waals surface area contributed by atoms with E-state index in [1.165, 1.54) is 0 Å². The van der Waals surface area contributed by atoms with E-state index in [4.69, 9.17) is 4.74 Å². The van der Waals surface area contributed by atoms with Crippen molar-refractivity contribution < 1.29 is 9.53 Å². The summed E-state index contributed by atoms with van der Waals surface area (Å²) in [4.78, 5) is 16.2. The van der Waals surface area contributed by atoms with Crippen molar-refractivity contribution in [1.82, 2.24) is 10.3 Å².